The zero-order valence-corrected chi connectivity index (χ0v) is 11.1. The number of amidine groups is 1. The molecule has 1 aliphatic rings. The van der Waals surface area contributed by atoms with Crippen molar-refractivity contribution in [1.82, 2.24) is 5.32 Å². The van der Waals surface area contributed by atoms with Crippen molar-refractivity contribution in [3.05, 3.63) is 28.8 Å². The van der Waals surface area contributed by atoms with Gasteiger partial charge in [-0.15, -0.1) is 0 Å². The normalized spacial score (nSPS) is 18.4. The van der Waals surface area contributed by atoms with E-state index in [1.165, 1.54) is 6.07 Å². The lowest BCUT2D eigenvalue weighted by molar-refractivity contribution is -0.137. The second-order valence-electron chi connectivity index (χ2n) is 4.38. The fourth-order valence-electron chi connectivity index (χ4n) is 1.70. The fraction of sp³-hybridized carbons (Fsp3) is 0.333. The number of amides is 1. The van der Waals surface area contributed by atoms with Gasteiger partial charge in [-0.25, -0.2) is 0 Å². The number of hydrogen-bond donors (Lipinski definition) is 2. The van der Waals surface area contributed by atoms with Gasteiger partial charge in [-0.1, -0.05) is 11.6 Å². The van der Waals surface area contributed by atoms with Crippen LogP contribution < -0.4 is 10.6 Å². The third-order valence-electron chi connectivity index (χ3n) is 2.65. The number of nitrogens with one attached hydrogen (secondary N) is 2. The highest BCUT2D eigenvalue weighted by Gasteiger charge is 2.33. The Kier molecular flexibility index (Phi) is 3.89. The van der Waals surface area contributed by atoms with E-state index in [0.717, 1.165) is 12.1 Å². The number of anilines is 1. The van der Waals surface area contributed by atoms with Crippen LogP contribution in [0, 0.1) is 0 Å². The number of halogens is 4. The summed E-state index contributed by atoms with van der Waals surface area (Å²) in [5.41, 5.74) is -0.984. The standard InChI is InChI=1S/C12H11ClF3N3O/c1-6-5-17-10(18-6)11(20)19-7-2-3-9(13)8(4-7)12(14,15)16/h2-4,6H,5H2,1H3,(H,17,18)(H,19,20). The summed E-state index contributed by atoms with van der Waals surface area (Å²) < 4.78 is 38.1. The minimum absolute atomic E-state index is 0.00998. The van der Waals surface area contributed by atoms with Gasteiger partial charge in [0.05, 0.1) is 17.1 Å². The van der Waals surface area contributed by atoms with Crippen LogP contribution in [-0.2, 0) is 11.0 Å². The molecule has 0 bridgehead atoms. The number of hydrogen-bond acceptors (Lipinski definition) is 3. The average molecular weight is 306 g/mol. The minimum atomic E-state index is -4.57. The van der Waals surface area contributed by atoms with Gasteiger partial charge in [0, 0.05) is 11.7 Å². The van der Waals surface area contributed by atoms with E-state index in [1.807, 2.05) is 6.92 Å². The van der Waals surface area contributed by atoms with Crippen LogP contribution in [0.1, 0.15) is 12.5 Å². The SMILES string of the molecule is CC1CN=C(C(=O)Nc2ccc(Cl)c(C(F)(F)F)c2)N1. The van der Waals surface area contributed by atoms with Crippen LogP contribution in [0.15, 0.2) is 23.2 Å². The number of carbonyl (C=O) groups excluding carboxylic acids is 1. The first kappa shape index (κ1) is 14.6. The second kappa shape index (κ2) is 5.32. The van der Waals surface area contributed by atoms with E-state index >= 15 is 0 Å². The Morgan fingerprint density at radius 2 is 2.20 bits per heavy atom. The number of alkyl halides is 3. The largest absolute Gasteiger partial charge is 0.417 e. The van der Waals surface area contributed by atoms with Crippen molar-refractivity contribution in [2.45, 2.75) is 19.1 Å². The van der Waals surface area contributed by atoms with Crippen LogP contribution >= 0.6 is 11.6 Å². The highest BCUT2D eigenvalue weighted by molar-refractivity contribution is 6.42. The summed E-state index contributed by atoms with van der Waals surface area (Å²) in [5.74, 6) is -0.467. The molecule has 1 amide bonds. The Hall–Kier alpha value is -1.76. The maximum absolute atomic E-state index is 12.7. The van der Waals surface area contributed by atoms with Crippen molar-refractivity contribution < 1.29 is 18.0 Å². The van der Waals surface area contributed by atoms with E-state index in [0.29, 0.717) is 6.54 Å². The van der Waals surface area contributed by atoms with Crippen molar-refractivity contribution in [2.24, 2.45) is 4.99 Å². The van der Waals surface area contributed by atoms with E-state index in [9.17, 15) is 18.0 Å². The van der Waals surface area contributed by atoms with Crippen molar-refractivity contribution >= 4 is 29.0 Å². The Balaban J connectivity index is 2.16. The fourth-order valence-corrected chi connectivity index (χ4v) is 1.93. The van der Waals surface area contributed by atoms with Crippen molar-refractivity contribution in [3.8, 4) is 0 Å². The molecule has 0 aliphatic carbocycles. The molecule has 1 aromatic rings. The molecule has 0 aromatic heterocycles. The molecule has 4 nitrogen and oxygen atoms in total. The van der Waals surface area contributed by atoms with Crippen molar-refractivity contribution in [3.63, 3.8) is 0 Å². The molecule has 20 heavy (non-hydrogen) atoms. The molecule has 0 spiro atoms. The van der Waals surface area contributed by atoms with Crippen molar-refractivity contribution in [1.29, 1.82) is 0 Å². The number of rotatable bonds is 2. The maximum atomic E-state index is 12.7. The van der Waals surface area contributed by atoms with Gasteiger partial charge < -0.3 is 10.6 Å². The topological polar surface area (TPSA) is 53.5 Å². The summed E-state index contributed by atoms with van der Waals surface area (Å²) in [4.78, 5) is 15.7. The summed E-state index contributed by atoms with van der Waals surface area (Å²) >= 11 is 5.49. The lowest BCUT2D eigenvalue weighted by Crippen LogP contribution is -2.36. The van der Waals surface area contributed by atoms with Gasteiger partial charge in [-0.3, -0.25) is 9.79 Å². The zero-order valence-electron chi connectivity index (χ0n) is 10.4. The molecule has 1 unspecified atom stereocenters. The molecule has 1 aliphatic heterocycles. The molecular formula is C12H11ClF3N3O. The first-order valence-electron chi connectivity index (χ1n) is 5.76. The van der Waals surface area contributed by atoms with Crippen LogP contribution in [0.25, 0.3) is 0 Å². The molecule has 0 saturated carbocycles. The van der Waals surface area contributed by atoms with Crippen LogP contribution in [0.4, 0.5) is 18.9 Å². The molecule has 1 atom stereocenters. The Bertz CT molecular complexity index is 572. The highest BCUT2D eigenvalue weighted by atomic mass is 35.5. The number of aliphatic imine (C=N–C) groups is 1. The third-order valence-corrected chi connectivity index (χ3v) is 2.98. The molecule has 0 radical (unpaired) electrons. The molecule has 1 heterocycles. The monoisotopic (exact) mass is 305 g/mol. The zero-order chi connectivity index (χ0) is 14.9. The molecular weight excluding hydrogens is 295 g/mol. The minimum Gasteiger partial charge on any atom is -0.361 e. The maximum Gasteiger partial charge on any atom is 0.417 e. The van der Waals surface area contributed by atoms with E-state index in [-0.39, 0.29) is 17.6 Å². The second-order valence-corrected chi connectivity index (χ2v) is 4.79. The van der Waals surface area contributed by atoms with E-state index < -0.39 is 22.7 Å². The van der Waals surface area contributed by atoms with E-state index in [1.54, 1.807) is 0 Å². The predicted octanol–water partition coefficient (Wildman–Crippen LogP) is 2.69. The number of carbonyl (C=O) groups is 1. The summed E-state index contributed by atoms with van der Waals surface area (Å²) in [6.45, 7) is 2.30. The molecule has 2 rings (SSSR count). The number of benzene rings is 1. The van der Waals surface area contributed by atoms with Gasteiger partial charge >= 0.3 is 6.18 Å². The Morgan fingerprint density at radius 1 is 1.50 bits per heavy atom. The molecule has 0 saturated heterocycles. The van der Waals surface area contributed by atoms with Gasteiger partial charge in [0.1, 0.15) is 0 Å². The van der Waals surface area contributed by atoms with Gasteiger partial charge in [-0.05, 0) is 25.1 Å². The van der Waals surface area contributed by atoms with Gasteiger partial charge in [0.25, 0.3) is 5.91 Å². The van der Waals surface area contributed by atoms with Crippen LogP contribution in [0.2, 0.25) is 5.02 Å². The summed E-state index contributed by atoms with van der Waals surface area (Å²) in [5, 5.41) is 4.76. The molecule has 8 heteroatoms. The van der Waals surface area contributed by atoms with Crippen LogP contribution in [-0.4, -0.2) is 24.3 Å². The summed E-state index contributed by atoms with van der Waals surface area (Å²) in [7, 11) is 0. The first-order valence-corrected chi connectivity index (χ1v) is 6.14. The highest BCUT2D eigenvalue weighted by Crippen LogP contribution is 2.36. The third kappa shape index (κ3) is 3.22. The molecule has 2 N–H and O–H groups in total. The first-order chi connectivity index (χ1) is 9.27. The smallest absolute Gasteiger partial charge is 0.361 e. The summed E-state index contributed by atoms with van der Waals surface area (Å²) in [6, 6.07) is 3.21. The molecule has 1 aromatic carbocycles. The Labute approximate surface area is 118 Å². The lowest BCUT2D eigenvalue weighted by Gasteiger charge is -2.12. The average Bonchev–Trinajstić information content (AvgIpc) is 2.77. The summed E-state index contributed by atoms with van der Waals surface area (Å²) in [6.07, 6.45) is -4.57. The number of nitrogens with zero attached hydrogens (tertiary/aromatic N) is 1. The van der Waals surface area contributed by atoms with Crippen LogP contribution in [0.3, 0.4) is 0 Å². The van der Waals surface area contributed by atoms with Gasteiger partial charge in [0.2, 0.25) is 0 Å². The molecule has 0 fully saturated rings. The van der Waals surface area contributed by atoms with Crippen LogP contribution in [0.5, 0.6) is 0 Å². The van der Waals surface area contributed by atoms with E-state index in [2.05, 4.69) is 15.6 Å². The molecule has 108 valence electrons. The van der Waals surface area contributed by atoms with Crippen molar-refractivity contribution in [2.75, 3.05) is 11.9 Å². The van der Waals surface area contributed by atoms with Gasteiger partial charge in [0.15, 0.2) is 5.84 Å². The quantitative estimate of drug-likeness (QED) is 0.882. The Morgan fingerprint density at radius 3 is 2.75 bits per heavy atom. The van der Waals surface area contributed by atoms with E-state index in [4.69, 9.17) is 11.6 Å². The lowest BCUT2D eigenvalue weighted by atomic mass is 10.2. The predicted molar refractivity (Wildman–Crippen MR) is 70.0 cm³/mol. The van der Waals surface area contributed by atoms with Gasteiger partial charge in [-0.2, -0.15) is 13.2 Å².